The highest BCUT2D eigenvalue weighted by atomic mass is 16.5. The Morgan fingerprint density at radius 1 is 1.03 bits per heavy atom. The fraction of sp³-hybridized carbons (Fsp3) is 0.500. The second kappa shape index (κ2) is 11.8. The third-order valence-corrected chi connectivity index (χ3v) is 6.12. The zero-order valence-corrected chi connectivity index (χ0v) is 18.2. The van der Waals surface area contributed by atoms with Crippen molar-refractivity contribution in [2.24, 2.45) is 5.92 Å². The second-order valence-electron chi connectivity index (χ2n) is 8.29. The molecule has 0 unspecified atom stereocenters. The largest absolute Gasteiger partial charge is 0.493 e. The molecule has 4 heteroatoms. The molecule has 1 aliphatic rings. The van der Waals surface area contributed by atoms with Gasteiger partial charge in [0, 0.05) is 0 Å². The van der Waals surface area contributed by atoms with Gasteiger partial charge in [-0.15, -0.1) is 0 Å². The smallest absolute Gasteiger partial charge is 0.306 e. The minimum absolute atomic E-state index is 0.148. The molecular formula is C26H35NO3. The zero-order chi connectivity index (χ0) is 21.2. The van der Waals surface area contributed by atoms with Crippen LogP contribution in [0.15, 0.2) is 48.5 Å². The van der Waals surface area contributed by atoms with Crippen LogP contribution >= 0.6 is 0 Å². The van der Waals surface area contributed by atoms with E-state index in [1.807, 2.05) is 6.07 Å². The number of para-hydroxylation sites is 1. The van der Waals surface area contributed by atoms with Gasteiger partial charge >= 0.3 is 5.97 Å². The Morgan fingerprint density at radius 2 is 1.80 bits per heavy atom. The van der Waals surface area contributed by atoms with Gasteiger partial charge in [0.1, 0.15) is 5.75 Å². The van der Waals surface area contributed by atoms with E-state index >= 15 is 0 Å². The SMILES string of the molecule is CCc1cccc(CCc2ccccc2OCCCCN2CCC(C(=O)O)CC2)c1. The lowest BCUT2D eigenvalue weighted by Gasteiger charge is -2.29. The maximum atomic E-state index is 11.0. The van der Waals surface area contributed by atoms with E-state index in [-0.39, 0.29) is 5.92 Å². The molecular weight excluding hydrogens is 374 g/mol. The Balaban J connectivity index is 1.38. The number of aryl methyl sites for hydroxylation is 3. The van der Waals surface area contributed by atoms with Crippen LogP contribution in [0.2, 0.25) is 0 Å². The number of piperidine rings is 1. The highest BCUT2D eigenvalue weighted by molar-refractivity contribution is 5.70. The predicted molar refractivity (Wildman–Crippen MR) is 121 cm³/mol. The number of likely N-dealkylation sites (tertiary alicyclic amines) is 1. The number of ether oxygens (including phenoxy) is 1. The molecule has 0 bridgehead atoms. The van der Waals surface area contributed by atoms with Gasteiger partial charge in [-0.3, -0.25) is 4.79 Å². The van der Waals surface area contributed by atoms with Crippen molar-refractivity contribution in [1.29, 1.82) is 0 Å². The summed E-state index contributed by atoms with van der Waals surface area (Å²) in [6, 6.07) is 17.2. The van der Waals surface area contributed by atoms with Crippen molar-refractivity contribution in [3.05, 3.63) is 65.2 Å². The van der Waals surface area contributed by atoms with Crippen LogP contribution in [-0.4, -0.2) is 42.2 Å². The number of benzene rings is 2. The lowest BCUT2D eigenvalue weighted by atomic mass is 9.97. The normalized spacial score (nSPS) is 15.2. The number of unbranched alkanes of at least 4 members (excludes halogenated alkanes) is 1. The Bertz CT molecular complexity index is 796. The second-order valence-corrected chi connectivity index (χ2v) is 8.29. The molecule has 0 spiro atoms. The number of hydrogen-bond donors (Lipinski definition) is 1. The van der Waals surface area contributed by atoms with Crippen LogP contribution in [0.5, 0.6) is 5.75 Å². The van der Waals surface area contributed by atoms with Gasteiger partial charge in [0.2, 0.25) is 0 Å². The Labute approximate surface area is 180 Å². The number of aliphatic carboxylic acids is 1. The molecule has 30 heavy (non-hydrogen) atoms. The van der Waals surface area contributed by atoms with Crippen LogP contribution in [0.4, 0.5) is 0 Å². The van der Waals surface area contributed by atoms with E-state index in [0.717, 1.165) is 76.9 Å². The first-order valence-electron chi connectivity index (χ1n) is 11.4. The molecule has 0 saturated carbocycles. The Hall–Kier alpha value is -2.33. The number of nitrogens with zero attached hydrogens (tertiary/aromatic N) is 1. The molecule has 1 aliphatic heterocycles. The topological polar surface area (TPSA) is 49.8 Å². The molecule has 0 aliphatic carbocycles. The van der Waals surface area contributed by atoms with Crippen LogP contribution in [0.1, 0.15) is 49.3 Å². The van der Waals surface area contributed by atoms with Gasteiger partial charge in [0.25, 0.3) is 0 Å². The van der Waals surface area contributed by atoms with E-state index in [1.54, 1.807) is 0 Å². The zero-order valence-electron chi connectivity index (χ0n) is 18.2. The average Bonchev–Trinajstić information content (AvgIpc) is 2.78. The van der Waals surface area contributed by atoms with E-state index in [4.69, 9.17) is 9.84 Å². The molecule has 162 valence electrons. The van der Waals surface area contributed by atoms with Crippen molar-refractivity contribution in [3.8, 4) is 5.75 Å². The molecule has 3 rings (SSSR count). The summed E-state index contributed by atoms with van der Waals surface area (Å²) in [5.41, 5.74) is 4.05. The molecule has 2 aromatic carbocycles. The van der Waals surface area contributed by atoms with E-state index in [2.05, 4.69) is 54.3 Å². The van der Waals surface area contributed by atoms with Gasteiger partial charge in [-0.1, -0.05) is 49.4 Å². The summed E-state index contributed by atoms with van der Waals surface area (Å²) in [5, 5.41) is 9.09. The summed E-state index contributed by atoms with van der Waals surface area (Å²) in [6.07, 6.45) is 6.75. The molecule has 0 amide bonds. The summed E-state index contributed by atoms with van der Waals surface area (Å²) in [7, 11) is 0. The minimum Gasteiger partial charge on any atom is -0.493 e. The molecule has 1 heterocycles. The van der Waals surface area contributed by atoms with Gasteiger partial charge in [-0.25, -0.2) is 0 Å². The summed E-state index contributed by atoms with van der Waals surface area (Å²) in [6.45, 7) is 5.76. The summed E-state index contributed by atoms with van der Waals surface area (Å²) in [4.78, 5) is 13.4. The summed E-state index contributed by atoms with van der Waals surface area (Å²) in [5.74, 6) is 0.219. The van der Waals surface area contributed by atoms with Crippen molar-refractivity contribution in [2.75, 3.05) is 26.2 Å². The molecule has 0 aromatic heterocycles. The summed E-state index contributed by atoms with van der Waals surface area (Å²) < 4.78 is 6.11. The van der Waals surface area contributed by atoms with Crippen molar-refractivity contribution in [2.45, 2.75) is 51.9 Å². The number of carbonyl (C=O) groups is 1. The lowest BCUT2D eigenvalue weighted by molar-refractivity contribution is -0.143. The van der Waals surface area contributed by atoms with Gasteiger partial charge < -0.3 is 14.7 Å². The highest BCUT2D eigenvalue weighted by Crippen LogP contribution is 2.21. The third-order valence-electron chi connectivity index (χ3n) is 6.12. The van der Waals surface area contributed by atoms with Crippen molar-refractivity contribution in [1.82, 2.24) is 4.90 Å². The lowest BCUT2D eigenvalue weighted by Crippen LogP contribution is -2.36. The van der Waals surface area contributed by atoms with E-state index in [9.17, 15) is 4.79 Å². The van der Waals surface area contributed by atoms with Crippen molar-refractivity contribution < 1.29 is 14.6 Å². The minimum atomic E-state index is -0.639. The van der Waals surface area contributed by atoms with E-state index in [0.29, 0.717) is 0 Å². The van der Waals surface area contributed by atoms with E-state index < -0.39 is 5.97 Å². The Kier molecular flexibility index (Phi) is 8.76. The fourth-order valence-electron chi connectivity index (χ4n) is 4.16. The van der Waals surface area contributed by atoms with E-state index in [1.165, 1.54) is 16.7 Å². The van der Waals surface area contributed by atoms with Gasteiger partial charge in [0.15, 0.2) is 0 Å². The van der Waals surface area contributed by atoms with Crippen LogP contribution in [0, 0.1) is 5.92 Å². The molecule has 4 nitrogen and oxygen atoms in total. The highest BCUT2D eigenvalue weighted by Gasteiger charge is 2.23. The molecule has 2 aromatic rings. The van der Waals surface area contributed by atoms with Crippen LogP contribution in [0.3, 0.4) is 0 Å². The standard InChI is InChI=1S/C26H35NO3/c1-2-21-8-7-9-22(20-21)12-13-23-10-3-4-11-25(23)30-19-6-5-16-27-17-14-24(15-18-27)26(28)29/h3-4,7-11,20,24H,2,5-6,12-19H2,1H3,(H,28,29). The van der Waals surface area contributed by atoms with Gasteiger partial charge in [0.05, 0.1) is 12.5 Å². The number of rotatable bonds is 11. The first kappa shape index (κ1) is 22.4. The quantitative estimate of drug-likeness (QED) is 0.531. The van der Waals surface area contributed by atoms with Gasteiger partial charge in [-0.2, -0.15) is 0 Å². The third kappa shape index (κ3) is 6.88. The Morgan fingerprint density at radius 3 is 2.57 bits per heavy atom. The average molecular weight is 410 g/mol. The van der Waals surface area contributed by atoms with Gasteiger partial charge in [-0.05, 0) is 87.3 Å². The summed E-state index contributed by atoms with van der Waals surface area (Å²) >= 11 is 0. The molecule has 1 saturated heterocycles. The molecule has 0 radical (unpaired) electrons. The first-order valence-corrected chi connectivity index (χ1v) is 11.4. The molecule has 0 atom stereocenters. The van der Waals surface area contributed by atoms with Crippen LogP contribution in [-0.2, 0) is 24.1 Å². The maximum absolute atomic E-state index is 11.0. The van der Waals surface area contributed by atoms with Crippen molar-refractivity contribution in [3.63, 3.8) is 0 Å². The van der Waals surface area contributed by atoms with Crippen molar-refractivity contribution >= 4 is 5.97 Å². The van der Waals surface area contributed by atoms with Crippen LogP contribution in [0.25, 0.3) is 0 Å². The first-order chi connectivity index (χ1) is 14.7. The molecule has 1 fully saturated rings. The number of carboxylic acid groups (broad SMARTS) is 1. The monoisotopic (exact) mass is 409 g/mol. The van der Waals surface area contributed by atoms with Crippen LogP contribution < -0.4 is 4.74 Å². The maximum Gasteiger partial charge on any atom is 0.306 e. The molecule has 1 N–H and O–H groups in total. The number of hydrogen-bond acceptors (Lipinski definition) is 3. The number of carboxylic acids is 1. The predicted octanol–water partition coefficient (Wildman–Crippen LogP) is 4.99. The fourth-order valence-corrected chi connectivity index (χ4v) is 4.16.